The van der Waals surface area contributed by atoms with Crippen LogP contribution in [0.1, 0.15) is 16.7 Å². The topological polar surface area (TPSA) is 100 Å². The number of aromatic nitrogens is 3. The summed E-state index contributed by atoms with van der Waals surface area (Å²) in [6, 6.07) is 11.0. The molecule has 3 aromatic rings. The van der Waals surface area contributed by atoms with Gasteiger partial charge in [-0.05, 0) is 23.8 Å². The molecule has 2 N–H and O–H groups in total. The number of pyridine rings is 1. The maximum Gasteiger partial charge on any atom is 0.331 e. The number of para-hydroxylation sites is 1. The first-order valence-corrected chi connectivity index (χ1v) is 7.93. The normalized spacial score (nSPS) is 13.9. The van der Waals surface area contributed by atoms with E-state index in [1.165, 1.54) is 6.08 Å². The van der Waals surface area contributed by atoms with Gasteiger partial charge in [0.15, 0.2) is 0 Å². The minimum Gasteiger partial charge on any atom is -0.494 e. The van der Waals surface area contributed by atoms with E-state index in [1.54, 1.807) is 30.7 Å². The molecule has 7 nitrogen and oxygen atoms in total. The maximum atomic E-state index is 12.2. The Morgan fingerprint density at radius 1 is 1.15 bits per heavy atom. The van der Waals surface area contributed by atoms with Gasteiger partial charge in [0.1, 0.15) is 5.56 Å². The Bertz CT molecular complexity index is 1160. The van der Waals surface area contributed by atoms with Gasteiger partial charge in [0.25, 0.3) is 5.56 Å². The Kier molecular flexibility index (Phi) is 3.81. The van der Waals surface area contributed by atoms with Crippen LogP contribution in [0.2, 0.25) is 0 Å². The highest BCUT2D eigenvalue weighted by Crippen LogP contribution is 2.32. The smallest absolute Gasteiger partial charge is 0.331 e. The molecular weight excluding hydrogens is 332 g/mol. The molecule has 26 heavy (non-hydrogen) atoms. The van der Waals surface area contributed by atoms with Crippen molar-refractivity contribution in [3.05, 3.63) is 86.3 Å². The number of aromatic amines is 1. The van der Waals surface area contributed by atoms with Crippen molar-refractivity contribution in [2.24, 2.45) is 4.99 Å². The van der Waals surface area contributed by atoms with Crippen molar-refractivity contribution in [2.75, 3.05) is 0 Å². The third-order valence-electron chi connectivity index (χ3n) is 4.13. The highest BCUT2D eigenvalue weighted by molar-refractivity contribution is 6.21. The van der Waals surface area contributed by atoms with Crippen molar-refractivity contribution in [3.63, 3.8) is 0 Å². The van der Waals surface area contributed by atoms with Crippen LogP contribution in [0, 0.1) is 0 Å². The minimum absolute atomic E-state index is 0.00615. The van der Waals surface area contributed by atoms with Gasteiger partial charge in [-0.25, -0.2) is 4.79 Å². The van der Waals surface area contributed by atoms with Crippen LogP contribution in [0.4, 0.5) is 5.69 Å². The monoisotopic (exact) mass is 346 g/mol. The number of H-pyrrole nitrogens is 1. The maximum absolute atomic E-state index is 12.2. The van der Waals surface area contributed by atoms with Crippen molar-refractivity contribution in [3.8, 4) is 5.88 Å². The van der Waals surface area contributed by atoms with Crippen molar-refractivity contribution in [1.29, 1.82) is 0 Å². The molecule has 0 spiro atoms. The molecule has 0 saturated heterocycles. The lowest BCUT2D eigenvalue weighted by molar-refractivity contribution is 0.407. The molecule has 0 atom stereocenters. The Balaban J connectivity index is 1.82. The number of benzene rings is 1. The molecule has 0 amide bonds. The molecule has 2 aromatic heterocycles. The van der Waals surface area contributed by atoms with Crippen molar-refractivity contribution >= 4 is 23.6 Å². The second-order valence-electron chi connectivity index (χ2n) is 5.82. The third kappa shape index (κ3) is 2.75. The first-order valence-electron chi connectivity index (χ1n) is 7.93. The van der Waals surface area contributed by atoms with Crippen LogP contribution in [0.5, 0.6) is 5.88 Å². The van der Waals surface area contributed by atoms with E-state index in [1.807, 2.05) is 24.3 Å². The molecule has 1 aromatic carbocycles. The first kappa shape index (κ1) is 15.8. The first-order chi connectivity index (χ1) is 12.6. The van der Waals surface area contributed by atoms with Gasteiger partial charge >= 0.3 is 5.69 Å². The summed E-state index contributed by atoms with van der Waals surface area (Å²) in [7, 11) is 0. The fraction of sp³-hybridized carbons (Fsp3) is 0.0526. The molecule has 0 saturated carbocycles. The van der Waals surface area contributed by atoms with Crippen molar-refractivity contribution in [1.82, 2.24) is 14.5 Å². The van der Waals surface area contributed by atoms with Crippen LogP contribution >= 0.6 is 0 Å². The molecule has 0 bridgehead atoms. The molecule has 3 heterocycles. The second kappa shape index (κ2) is 6.29. The van der Waals surface area contributed by atoms with Gasteiger partial charge in [0.2, 0.25) is 5.88 Å². The zero-order valence-electron chi connectivity index (χ0n) is 13.6. The molecule has 128 valence electrons. The molecule has 1 aliphatic heterocycles. The van der Waals surface area contributed by atoms with E-state index in [2.05, 4.69) is 15.0 Å². The zero-order chi connectivity index (χ0) is 18.1. The number of nitrogens with zero attached hydrogens (tertiary/aromatic N) is 3. The molecule has 1 aliphatic rings. The van der Waals surface area contributed by atoms with Gasteiger partial charge in [-0.3, -0.25) is 24.3 Å². The average Bonchev–Trinajstić information content (AvgIpc) is 3.06. The number of nitrogens with one attached hydrogen (secondary N) is 1. The number of allylic oxidation sites excluding steroid dienone is 1. The Labute approximate surface area is 147 Å². The summed E-state index contributed by atoms with van der Waals surface area (Å²) >= 11 is 0. The average molecular weight is 346 g/mol. The van der Waals surface area contributed by atoms with E-state index in [4.69, 9.17) is 0 Å². The lowest BCUT2D eigenvalue weighted by Gasteiger charge is -2.10. The summed E-state index contributed by atoms with van der Waals surface area (Å²) in [5.41, 5.74) is 1.73. The molecule has 7 heteroatoms. The SMILES string of the molecule is O=c1[nH]c(=O)n(Cc2cccnc2)c(O)c1C=C1C=Nc2ccccc21. The fourth-order valence-electron chi connectivity index (χ4n) is 2.84. The quantitative estimate of drug-likeness (QED) is 0.757. The van der Waals surface area contributed by atoms with E-state index in [-0.39, 0.29) is 12.1 Å². The Hall–Kier alpha value is -3.74. The summed E-state index contributed by atoms with van der Waals surface area (Å²) in [4.78, 5) is 34.9. The number of aliphatic imine (C=N–C) groups is 1. The summed E-state index contributed by atoms with van der Waals surface area (Å²) in [6.07, 6.45) is 6.36. The standard InChI is InChI=1S/C19H14N4O3/c24-17-15(8-13-10-21-16-6-2-1-5-14(13)16)18(25)23(19(26)22-17)11-12-4-3-7-20-9-12/h1-10,25H,11H2,(H,22,24,26). The Morgan fingerprint density at radius 3 is 2.81 bits per heavy atom. The van der Waals surface area contributed by atoms with Gasteiger partial charge in [0, 0.05) is 29.7 Å². The van der Waals surface area contributed by atoms with Crippen molar-refractivity contribution < 1.29 is 5.11 Å². The number of hydrogen-bond acceptors (Lipinski definition) is 5. The summed E-state index contributed by atoms with van der Waals surface area (Å²) < 4.78 is 1.10. The number of hydrogen-bond donors (Lipinski definition) is 2. The van der Waals surface area contributed by atoms with E-state index >= 15 is 0 Å². The number of fused-ring (bicyclic) bond motifs is 1. The largest absolute Gasteiger partial charge is 0.494 e. The Morgan fingerprint density at radius 2 is 2.00 bits per heavy atom. The van der Waals surface area contributed by atoms with E-state index in [0.717, 1.165) is 21.4 Å². The summed E-state index contributed by atoms with van der Waals surface area (Å²) in [6.45, 7) is 0.0934. The molecule has 0 unspecified atom stereocenters. The predicted molar refractivity (Wildman–Crippen MR) is 98.8 cm³/mol. The van der Waals surface area contributed by atoms with Crippen LogP contribution in [-0.2, 0) is 6.54 Å². The van der Waals surface area contributed by atoms with E-state index in [0.29, 0.717) is 5.57 Å². The number of rotatable bonds is 3. The summed E-state index contributed by atoms with van der Waals surface area (Å²) in [5, 5.41) is 10.6. The van der Waals surface area contributed by atoms with Gasteiger partial charge in [-0.15, -0.1) is 0 Å². The van der Waals surface area contributed by atoms with E-state index < -0.39 is 17.1 Å². The van der Waals surface area contributed by atoms with Gasteiger partial charge in [0.05, 0.1) is 12.2 Å². The van der Waals surface area contributed by atoms with Crippen molar-refractivity contribution in [2.45, 2.75) is 6.54 Å². The molecule has 0 fully saturated rings. The molecule has 0 radical (unpaired) electrons. The zero-order valence-corrected chi connectivity index (χ0v) is 13.6. The van der Waals surface area contributed by atoms with Crippen LogP contribution in [0.3, 0.4) is 0 Å². The highest BCUT2D eigenvalue weighted by Gasteiger charge is 2.16. The molecular formula is C19H14N4O3. The summed E-state index contributed by atoms with van der Waals surface area (Å²) in [5.74, 6) is -0.395. The van der Waals surface area contributed by atoms with Crippen LogP contribution in [-0.4, -0.2) is 25.9 Å². The van der Waals surface area contributed by atoms with Crippen LogP contribution in [0.15, 0.2) is 63.4 Å². The fourth-order valence-corrected chi connectivity index (χ4v) is 2.84. The lowest BCUT2D eigenvalue weighted by Crippen LogP contribution is -2.31. The lowest BCUT2D eigenvalue weighted by atomic mass is 10.1. The minimum atomic E-state index is -0.681. The highest BCUT2D eigenvalue weighted by atomic mass is 16.3. The van der Waals surface area contributed by atoms with Crippen LogP contribution in [0.25, 0.3) is 11.6 Å². The third-order valence-corrected chi connectivity index (χ3v) is 4.13. The molecule has 4 rings (SSSR count). The number of aromatic hydroxyl groups is 1. The van der Waals surface area contributed by atoms with Gasteiger partial charge in [-0.1, -0.05) is 24.3 Å². The van der Waals surface area contributed by atoms with Crippen LogP contribution < -0.4 is 11.2 Å². The predicted octanol–water partition coefficient (Wildman–Crippen LogP) is 1.94. The van der Waals surface area contributed by atoms with Gasteiger partial charge in [-0.2, -0.15) is 0 Å². The van der Waals surface area contributed by atoms with Gasteiger partial charge < -0.3 is 5.11 Å². The second-order valence-corrected chi connectivity index (χ2v) is 5.82. The molecule has 0 aliphatic carbocycles. The van der Waals surface area contributed by atoms with E-state index in [9.17, 15) is 14.7 Å².